The molecule has 0 spiro atoms. The molecule has 0 aliphatic carbocycles. The van der Waals surface area contributed by atoms with Crippen molar-refractivity contribution in [2.75, 3.05) is 0 Å². The summed E-state index contributed by atoms with van der Waals surface area (Å²) in [7, 11) is 0. The fourth-order valence-corrected chi connectivity index (χ4v) is 4.13. The molecule has 0 aromatic heterocycles. The summed E-state index contributed by atoms with van der Waals surface area (Å²) in [6, 6.07) is 9.39. The molecule has 3 unspecified atom stereocenters. The van der Waals surface area contributed by atoms with Gasteiger partial charge in [-0.25, -0.2) is 0 Å². The lowest BCUT2D eigenvalue weighted by molar-refractivity contribution is -0.0243. The van der Waals surface area contributed by atoms with Crippen LogP contribution in [0, 0.1) is 5.92 Å². The Kier molecular flexibility index (Phi) is 24.3. The van der Waals surface area contributed by atoms with Crippen molar-refractivity contribution in [3.8, 4) is 5.75 Å². The summed E-state index contributed by atoms with van der Waals surface area (Å²) in [4.78, 5) is 0. The van der Waals surface area contributed by atoms with Gasteiger partial charge < -0.3 is 14.9 Å². The summed E-state index contributed by atoms with van der Waals surface area (Å²) in [6.07, 6.45) is 21.9. The summed E-state index contributed by atoms with van der Waals surface area (Å²) in [5.74, 6) is 1.22. The smallest absolute Gasteiger partial charge is 0.197 e. The Morgan fingerprint density at radius 3 is 1.62 bits per heavy atom. The van der Waals surface area contributed by atoms with E-state index >= 15 is 0 Å². The van der Waals surface area contributed by atoms with Gasteiger partial charge in [0, 0.05) is 6.42 Å². The van der Waals surface area contributed by atoms with E-state index in [2.05, 4.69) is 27.7 Å². The molecule has 0 saturated carbocycles. The van der Waals surface area contributed by atoms with Crippen molar-refractivity contribution < 1.29 is 14.9 Å². The number of rotatable bonds is 21. The molecule has 3 nitrogen and oxygen atoms in total. The summed E-state index contributed by atoms with van der Waals surface area (Å²) in [6.45, 7) is 8.85. The number of unbranched alkanes of at least 4 members (excludes halogenated alkanes) is 12. The Labute approximate surface area is 212 Å². The SMILES string of the molecule is CCCCC(O)Oc1ccccc1.CCCCCCCCCCCC(O)C(C)CCCCCC. The highest BCUT2D eigenvalue weighted by atomic mass is 16.6. The Balaban J connectivity index is 0.000000712. The van der Waals surface area contributed by atoms with Crippen LogP contribution < -0.4 is 4.74 Å². The fourth-order valence-electron chi connectivity index (χ4n) is 4.13. The van der Waals surface area contributed by atoms with E-state index in [0.29, 0.717) is 12.3 Å². The van der Waals surface area contributed by atoms with Crippen LogP contribution in [0.5, 0.6) is 5.75 Å². The van der Waals surface area contributed by atoms with Crippen LogP contribution in [0.15, 0.2) is 30.3 Å². The largest absolute Gasteiger partial charge is 0.465 e. The molecular formula is C31H58O3. The van der Waals surface area contributed by atoms with Crippen LogP contribution in [0.3, 0.4) is 0 Å². The molecular weight excluding hydrogens is 420 g/mol. The molecule has 1 aromatic rings. The zero-order valence-electron chi connectivity index (χ0n) is 23.1. The van der Waals surface area contributed by atoms with Crippen molar-refractivity contribution in [2.24, 2.45) is 5.92 Å². The van der Waals surface area contributed by atoms with Gasteiger partial charge in [0.05, 0.1) is 6.10 Å². The van der Waals surface area contributed by atoms with Crippen molar-refractivity contribution in [3.05, 3.63) is 30.3 Å². The minimum absolute atomic E-state index is 0.0591. The van der Waals surface area contributed by atoms with E-state index in [0.717, 1.165) is 25.0 Å². The highest BCUT2D eigenvalue weighted by molar-refractivity contribution is 5.20. The van der Waals surface area contributed by atoms with E-state index in [1.54, 1.807) is 0 Å². The van der Waals surface area contributed by atoms with Gasteiger partial charge in [-0.15, -0.1) is 0 Å². The molecule has 0 fully saturated rings. The number of benzene rings is 1. The Hall–Kier alpha value is -1.06. The topological polar surface area (TPSA) is 49.7 Å². The second kappa shape index (κ2) is 25.0. The summed E-state index contributed by atoms with van der Waals surface area (Å²) >= 11 is 0. The molecule has 0 saturated heterocycles. The van der Waals surface area contributed by atoms with Gasteiger partial charge in [0.15, 0.2) is 6.29 Å². The molecule has 1 rings (SSSR count). The van der Waals surface area contributed by atoms with Crippen molar-refractivity contribution in [1.82, 2.24) is 0 Å². The average Bonchev–Trinajstić information content (AvgIpc) is 2.85. The standard InChI is InChI=1S/C20H42O.C11H16O2/c1-4-6-8-10-11-12-13-14-16-18-20(21)19(3)17-15-9-7-5-2;1-2-3-9-11(12)13-10-7-5-4-6-8-10/h19-21H,4-18H2,1-3H3;4-8,11-12H,2-3,9H2,1H3. The average molecular weight is 479 g/mol. The van der Waals surface area contributed by atoms with Crippen molar-refractivity contribution in [2.45, 2.75) is 156 Å². The van der Waals surface area contributed by atoms with Crippen LogP contribution in [-0.4, -0.2) is 22.6 Å². The number of aliphatic hydroxyl groups is 2. The van der Waals surface area contributed by atoms with E-state index in [1.807, 2.05) is 30.3 Å². The molecule has 200 valence electrons. The summed E-state index contributed by atoms with van der Waals surface area (Å²) in [5.41, 5.74) is 0. The third-order valence-corrected chi connectivity index (χ3v) is 6.59. The van der Waals surface area contributed by atoms with Gasteiger partial charge in [-0.3, -0.25) is 0 Å². The number of hydrogen-bond acceptors (Lipinski definition) is 3. The molecule has 1 aromatic carbocycles. The lowest BCUT2D eigenvalue weighted by Crippen LogP contribution is -2.17. The van der Waals surface area contributed by atoms with Gasteiger partial charge in [-0.1, -0.05) is 136 Å². The molecule has 0 heterocycles. The van der Waals surface area contributed by atoms with E-state index in [9.17, 15) is 10.2 Å². The fraction of sp³-hybridized carbons (Fsp3) is 0.806. The molecule has 2 N–H and O–H groups in total. The van der Waals surface area contributed by atoms with E-state index in [-0.39, 0.29) is 6.10 Å². The zero-order valence-corrected chi connectivity index (χ0v) is 23.1. The first kappa shape index (κ1) is 32.9. The molecule has 3 atom stereocenters. The second-order valence-corrected chi connectivity index (χ2v) is 10.0. The molecule has 0 bridgehead atoms. The first-order valence-corrected chi connectivity index (χ1v) is 14.6. The van der Waals surface area contributed by atoms with Gasteiger partial charge in [0.25, 0.3) is 0 Å². The zero-order chi connectivity index (χ0) is 25.3. The molecule has 0 aliphatic heterocycles. The molecule has 3 heteroatoms. The number of ether oxygens (including phenoxy) is 1. The van der Waals surface area contributed by atoms with E-state index in [4.69, 9.17) is 4.74 Å². The molecule has 0 radical (unpaired) electrons. The van der Waals surface area contributed by atoms with E-state index in [1.165, 1.54) is 89.9 Å². The number of aliphatic hydroxyl groups excluding tert-OH is 2. The Morgan fingerprint density at radius 2 is 1.06 bits per heavy atom. The van der Waals surface area contributed by atoms with Crippen LogP contribution in [0.2, 0.25) is 0 Å². The van der Waals surface area contributed by atoms with Gasteiger partial charge >= 0.3 is 0 Å². The number of para-hydroxylation sites is 1. The highest BCUT2D eigenvalue weighted by Gasteiger charge is 2.13. The first-order chi connectivity index (χ1) is 16.5. The predicted octanol–water partition coefficient (Wildman–Crippen LogP) is 9.45. The summed E-state index contributed by atoms with van der Waals surface area (Å²) in [5, 5.41) is 19.6. The lowest BCUT2D eigenvalue weighted by Gasteiger charge is -2.18. The van der Waals surface area contributed by atoms with Crippen LogP contribution in [0.25, 0.3) is 0 Å². The predicted molar refractivity (Wildman–Crippen MR) is 148 cm³/mol. The van der Waals surface area contributed by atoms with Gasteiger partial charge in [-0.2, -0.15) is 0 Å². The maximum atomic E-state index is 10.2. The van der Waals surface area contributed by atoms with Crippen molar-refractivity contribution in [1.29, 1.82) is 0 Å². The lowest BCUT2D eigenvalue weighted by atomic mass is 9.93. The van der Waals surface area contributed by atoms with Crippen molar-refractivity contribution in [3.63, 3.8) is 0 Å². The third kappa shape index (κ3) is 21.5. The van der Waals surface area contributed by atoms with Gasteiger partial charge in [-0.05, 0) is 37.3 Å². The van der Waals surface area contributed by atoms with E-state index < -0.39 is 6.29 Å². The minimum Gasteiger partial charge on any atom is -0.465 e. The Morgan fingerprint density at radius 1 is 0.588 bits per heavy atom. The van der Waals surface area contributed by atoms with Crippen LogP contribution in [0.4, 0.5) is 0 Å². The summed E-state index contributed by atoms with van der Waals surface area (Å²) < 4.78 is 5.27. The quantitative estimate of drug-likeness (QED) is 0.137. The number of hydrogen-bond donors (Lipinski definition) is 2. The van der Waals surface area contributed by atoms with Gasteiger partial charge in [0.1, 0.15) is 5.75 Å². The second-order valence-electron chi connectivity index (χ2n) is 10.0. The minimum atomic E-state index is -0.664. The van der Waals surface area contributed by atoms with Gasteiger partial charge in [0.2, 0.25) is 0 Å². The highest BCUT2D eigenvalue weighted by Crippen LogP contribution is 2.19. The molecule has 34 heavy (non-hydrogen) atoms. The molecule has 0 amide bonds. The molecule has 0 aliphatic rings. The van der Waals surface area contributed by atoms with Crippen molar-refractivity contribution >= 4 is 0 Å². The van der Waals surface area contributed by atoms with Crippen LogP contribution in [0.1, 0.15) is 143 Å². The normalized spacial score (nSPS) is 13.6. The maximum absolute atomic E-state index is 10.2. The van der Waals surface area contributed by atoms with Crippen LogP contribution in [-0.2, 0) is 0 Å². The maximum Gasteiger partial charge on any atom is 0.197 e. The third-order valence-electron chi connectivity index (χ3n) is 6.59. The van der Waals surface area contributed by atoms with Crippen LogP contribution >= 0.6 is 0 Å². The Bertz CT molecular complexity index is 505. The first-order valence-electron chi connectivity index (χ1n) is 14.6. The monoisotopic (exact) mass is 478 g/mol.